The lowest BCUT2D eigenvalue weighted by molar-refractivity contribution is 0.559. The summed E-state index contributed by atoms with van der Waals surface area (Å²) in [7, 11) is -2.46. The minimum absolute atomic E-state index is 0. The van der Waals surface area contributed by atoms with E-state index in [0.717, 1.165) is 0 Å². The fourth-order valence-corrected chi connectivity index (χ4v) is 8.27. The first-order valence-electron chi connectivity index (χ1n) is 3.41. The van der Waals surface area contributed by atoms with Crippen molar-refractivity contribution >= 4 is 94.0 Å². The second kappa shape index (κ2) is 16.6. The molecule has 0 radical (unpaired) electrons. The maximum Gasteiger partial charge on any atom is 0.170 e. The molecule has 0 aliphatic carbocycles. The molecule has 0 aliphatic heterocycles. The second-order valence-corrected chi connectivity index (χ2v) is 13.6. The van der Waals surface area contributed by atoms with Crippen molar-refractivity contribution in [2.75, 3.05) is 0 Å². The third kappa shape index (κ3) is 47.9. The van der Waals surface area contributed by atoms with E-state index in [0.29, 0.717) is 0 Å². The molecule has 0 aliphatic rings. The molecule has 0 saturated carbocycles. The highest BCUT2D eigenvalue weighted by Crippen LogP contribution is 2.12. The van der Waals surface area contributed by atoms with Crippen LogP contribution in [-0.4, -0.2) is 16.6 Å². The van der Waals surface area contributed by atoms with Crippen molar-refractivity contribution in [2.45, 2.75) is 39.3 Å². The number of rotatable bonds is 2. The van der Waals surface area contributed by atoms with E-state index >= 15 is 0 Å². The van der Waals surface area contributed by atoms with Crippen LogP contribution >= 0.6 is 77.4 Å². The van der Waals surface area contributed by atoms with E-state index in [1.54, 1.807) is 0 Å². The van der Waals surface area contributed by atoms with Gasteiger partial charge in [-0.1, -0.05) is 0 Å². The first-order chi connectivity index (χ1) is 3.71. The minimum atomic E-state index is -1.23. The molecular formula is C6H31OPS5Si2. The fourth-order valence-electron chi connectivity index (χ4n) is 0.919. The van der Waals surface area contributed by atoms with Crippen LogP contribution in [0.2, 0.25) is 39.3 Å². The molecule has 1 atom stereocenters. The van der Waals surface area contributed by atoms with E-state index in [4.69, 9.17) is 4.12 Å². The Morgan fingerprint density at radius 1 is 0.533 bits per heavy atom. The molecule has 0 N–H and O–H groups in total. The third-order valence-corrected chi connectivity index (χ3v) is 5.51. The molecule has 0 amide bonds. The standard InChI is InChI=1S/C6H18OSi2.H3P.5H2S/c1-8(2,3)7-9(4,5)6;;;;;;/h1-6H3;1H3;5*1H2. The maximum atomic E-state index is 5.90. The summed E-state index contributed by atoms with van der Waals surface area (Å²) >= 11 is 0. The van der Waals surface area contributed by atoms with E-state index < -0.39 is 16.6 Å². The smallest absolute Gasteiger partial charge is 0.170 e. The van der Waals surface area contributed by atoms with E-state index in [1.165, 1.54) is 0 Å². The third-order valence-electron chi connectivity index (χ3n) is 0.612. The van der Waals surface area contributed by atoms with Gasteiger partial charge in [-0.2, -0.15) is 77.4 Å². The molecule has 1 unspecified atom stereocenters. The molecule has 1 nitrogen and oxygen atoms in total. The van der Waals surface area contributed by atoms with E-state index in [2.05, 4.69) is 39.3 Å². The monoisotopic (exact) mass is 366 g/mol. The first kappa shape index (κ1) is 43.2. The largest absolute Gasteiger partial charge is 0.456 e. The molecule has 0 heterocycles. The first-order valence-corrected chi connectivity index (χ1v) is 10.2. The van der Waals surface area contributed by atoms with Crippen LogP contribution in [-0.2, 0) is 4.12 Å². The molecule has 0 spiro atoms. The predicted molar refractivity (Wildman–Crippen MR) is 111 cm³/mol. The number of hydrogen-bond acceptors (Lipinski definition) is 1. The Labute approximate surface area is 136 Å². The molecule has 0 saturated heterocycles. The fraction of sp³-hybridized carbons (Fsp3) is 1.00. The van der Waals surface area contributed by atoms with Crippen molar-refractivity contribution in [3.63, 3.8) is 0 Å². The second-order valence-electron chi connectivity index (χ2n) is 4.33. The zero-order valence-electron chi connectivity index (χ0n) is 10.6. The van der Waals surface area contributed by atoms with Crippen LogP contribution in [0.5, 0.6) is 0 Å². The molecule has 104 valence electrons. The Hall–Kier alpha value is 2.57. The molecule has 0 aromatic rings. The van der Waals surface area contributed by atoms with Crippen molar-refractivity contribution < 1.29 is 4.12 Å². The van der Waals surface area contributed by atoms with Gasteiger partial charge in [0.2, 0.25) is 0 Å². The normalized spacial score (nSPS) is 8.40. The van der Waals surface area contributed by atoms with Crippen molar-refractivity contribution in [2.24, 2.45) is 0 Å². The molecule has 0 aromatic carbocycles. The Bertz CT molecular complexity index is 94.7. The van der Waals surface area contributed by atoms with Gasteiger partial charge in [0.1, 0.15) is 0 Å². The summed E-state index contributed by atoms with van der Waals surface area (Å²) in [5.74, 6) is 0. The summed E-state index contributed by atoms with van der Waals surface area (Å²) in [6.45, 7) is 13.4. The quantitative estimate of drug-likeness (QED) is 0.538. The summed E-state index contributed by atoms with van der Waals surface area (Å²) < 4.78 is 5.90. The van der Waals surface area contributed by atoms with Crippen LogP contribution in [0.1, 0.15) is 0 Å². The average molecular weight is 367 g/mol. The molecule has 0 aromatic heterocycles. The van der Waals surface area contributed by atoms with Crippen LogP contribution in [0.3, 0.4) is 0 Å². The topological polar surface area (TPSA) is 9.23 Å². The zero-order valence-corrected chi connectivity index (χ0v) is 19.0. The van der Waals surface area contributed by atoms with E-state index in [1.807, 2.05) is 0 Å². The SMILES string of the molecule is C[Si](C)(C)O[Si](C)(C)C.P.S.S.S.S.S. The highest BCUT2D eigenvalue weighted by Gasteiger charge is 2.24. The lowest BCUT2D eigenvalue weighted by Crippen LogP contribution is -2.39. The van der Waals surface area contributed by atoms with Gasteiger partial charge in [0.05, 0.1) is 0 Å². The highest BCUT2D eigenvalue weighted by molar-refractivity contribution is 7.60. The summed E-state index contributed by atoms with van der Waals surface area (Å²) in [5.41, 5.74) is 0. The molecule has 0 bridgehead atoms. The van der Waals surface area contributed by atoms with Crippen LogP contribution in [0.25, 0.3) is 0 Å². The van der Waals surface area contributed by atoms with Gasteiger partial charge in [-0.3, -0.25) is 0 Å². The van der Waals surface area contributed by atoms with Crippen LogP contribution in [0.15, 0.2) is 0 Å². The Morgan fingerprint density at radius 2 is 0.667 bits per heavy atom. The summed E-state index contributed by atoms with van der Waals surface area (Å²) in [4.78, 5) is 0. The van der Waals surface area contributed by atoms with Crippen molar-refractivity contribution in [1.82, 2.24) is 0 Å². The Kier molecular flexibility index (Phi) is 47.7. The molecule has 0 fully saturated rings. The van der Waals surface area contributed by atoms with Gasteiger partial charge in [0.15, 0.2) is 16.6 Å². The molecule has 9 heteroatoms. The lowest BCUT2D eigenvalue weighted by atomic mass is 11.8. The van der Waals surface area contributed by atoms with Gasteiger partial charge < -0.3 is 4.12 Å². The Morgan fingerprint density at radius 3 is 0.667 bits per heavy atom. The molecule has 0 rings (SSSR count). The zero-order chi connectivity index (χ0) is 7.71. The van der Waals surface area contributed by atoms with Gasteiger partial charge in [0, 0.05) is 0 Å². The van der Waals surface area contributed by atoms with Gasteiger partial charge in [-0.25, -0.2) is 0 Å². The van der Waals surface area contributed by atoms with Crippen LogP contribution in [0, 0.1) is 0 Å². The highest BCUT2D eigenvalue weighted by atomic mass is 32.1. The minimum Gasteiger partial charge on any atom is -0.456 e. The summed E-state index contributed by atoms with van der Waals surface area (Å²) in [5, 5.41) is 0. The lowest BCUT2D eigenvalue weighted by Gasteiger charge is -2.27. The summed E-state index contributed by atoms with van der Waals surface area (Å²) in [6.07, 6.45) is 0. The maximum absolute atomic E-state index is 5.90. The van der Waals surface area contributed by atoms with Crippen molar-refractivity contribution in [3.8, 4) is 0 Å². The molecular weight excluding hydrogens is 336 g/mol. The summed E-state index contributed by atoms with van der Waals surface area (Å²) in [6, 6.07) is 0. The molecule has 15 heavy (non-hydrogen) atoms. The van der Waals surface area contributed by atoms with Gasteiger partial charge in [-0.05, 0) is 39.3 Å². The van der Waals surface area contributed by atoms with Crippen LogP contribution < -0.4 is 0 Å². The average Bonchev–Trinajstić information content (AvgIpc) is 1.14. The Balaban J connectivity index is -0.0000000213. The van der Waals surface area contributed by atoms with Gasteiger partial charge in [-0.15, -0.1) is 0 Å². The van der Waals surface area contributed by atoms with Gasteiger partial charge in [0.25, 0.3) is 0 Å². The predicted octanol–water partition coefficient (Wildman–Crippen LogP) is 3.29. The van der Waals surface area contributed by atoms with Gasteiger partial charge >= 0.3 is 0 Å². The van der Waals surface area contributed by atoms with E-state index in [-0.39, 0.29) is 77.4 Å². The van der Waals surface area contributed by atoms with E-state index in [9.17, 15) is 0 Å². The van der Waals surface area contributed by atoms with Crippen molar-refractivity contribution in [1.29, 1.82) is 0 Å². The van der Waals surface area contributed by atoms with Crippen molar-refractivity contribution in [3.05, 3.63) is 0 Å². The number of hydrogen-bond donors (Lipinski definition) is 0. The van der Waals surface area contributed by atoms with Crippen LogP contribution in [0.4, 0.5) is 0 Å².